The van der Waals surface area contributed by atoms with E-state index in [2.05, 4.69) is 22.8 Å². The van der Waals surface area contributed by atoms with Crippen LogP contribution in [0.2, 0.25) is 0 Å². The molecule has 0 bridgehead atoms. The largest absolute Gasteiger partial charge is 0.381 e. The minimum Gasteiger partial charge on any atom is -0.381 e. The van der Waals surface area contributed by atoms with Gasteiger partial charge in [0, 0.05) is 29.9 Å². The molecule has 3 aromatic carbocycles. The second-order valence-electron chi connectivity index (χ2n) is 6.69. The maximum Gasteiger partial charge on any atom is 0.244 e. The molecule has 0 aliphatic rings. The summed E-state index contributed by atoms with van der Waals surface area (Å²) in [7, 11) is 0. The lowest BCUT2D eigenvalue weighted by Gasteiger charge is -2.15. The Hall–Kier alpha value is -3.47. The van der Waals surface area contributed by atoms with Gasteiger partial charge in [-0.05, 0) is 48.4 Å². The third kappa shape index (κ3) is 6.01. The molecule has 0 spiro atoms. The Labute approximate surface area is 169 Å². The number of amides is 1. The smallest absolute Gasteiger partial charge is 0.244 e. The topological polar surface area (TPSA) is 41.1 Å². The predicted octanol–water partition coefficient (Wildman–Crippen LogP) is 5.47. The average molecular weight is 392 g/mol. The number of benzene rings is 3. The van der Waals surface area contributed by atoms with Crippen LogP contribution in [0.25, 0.3) is 6.08 Å². The minimum absolute atomic E-state index is 0.154. The second-order valence-corrected chi connectivity index (χ2v) is 6.69. The number of halogens is 2. The van der Waals surface area contributed by atoms with Gasteiger partial charge in [-0.2, -0.15) is 0 Å². The van der Waals surface area contributed by atoms with Crippen molar-refractivity contribution in [2.45, 2.75) is 19.5 Å². The van der Waals surface area contributed by atoms with E-state index in [1.807, 2.05) is 49.4 Å². The monoisotopic (exact) mass is 392 g/mol. The third-order valence-electron chi connectivity index (χ3n) is 4.46. The number of hydrogen-bond donors (Lipinski definition) is 2. The maximum absolute atomic E-state index is 13.6. The van der Waals surface area contributed by atoms with Crippen LogP contribution in [0.5, 0.6) is 0 Å². The first-order valence-electron chi connectivity index (χ1n) is 9.32. The zero-order valence-electron chi connectivity index (χ0n) is 16.0. The zero-order valence-corrected chi connectivity index (χ0v) is 16.0. The molecule has 0 radical (unpaired) electrons. The Morgan fingerprint density at radius 3 is 2.55 bits per heavy atom. The summed E-state index contributed by atoms with van der Waals surface area (Å²) in [6.07, 6.45) is 2.57. The van der Waals surface area contributed by atoms with E-state index in [4.69, 9.17) is 0 Å². The van der Waals surface area contributed by atoms with Crippen LogP contribution in [0.4, 0.5) is 14.5 Å². The summed E-state index contributed by atoms with van der Waals surface area (Å²) >= 11 is 0. The Kier molecular flexibility index (Phi) is 6.74. The second kappa shape index (κ2) is 9.64. The van der Waals surface area contributed by atoms with E-state index in [9.17, 15) is 13.6 Å². The molecule has 3 aromatic rings. The van der Waals surface area contributed by atoms with Gasteiger partial charge in [0.05, 0.1) is 6.04 Å². The lowest BCUT2D eigenvalue weighted by atomic mass is 10.1. The zero-order chi connectivity index (χ0) is 20.6. The van der Waals surface area contributed by atoms with E-state index in [0.717, 1.165) is 23.4 Å². The summed E-state index contributed by atoms with van der Waals surface area (Å²) in [5, 5.41) is 6.22. The van der Waals surface area contributed by atoms with Gasteiger partial charge in [0.25, 0.3) is 0 Å². The number of nitrogens with one attached hydrogen (secondary N) is 2. The van der Waals surface area contributed by atoms with Crippen LogP contribution in [0, 0.1) is 11.6 Å². The molecular formula is C24H22F2N2O. The summed E-state index contributed by atoms with van der Waals surface area (Å²) < 4.78 is 26.6. The van der Waals surface area contributed by atoms with Crippen LogP contribution in [0.3, 0.4) is 0 Å². The Morgan fingerprint density at radius 2 is 1.79 bits per heavy atom. The number of hydrogen-bond acceptors (Lipinski definition) is 2. The SMILES string of the molecule is C[C@H](NC(=O)C=Cc1ccc(F)cc1F)c1cccc(NCc2ccccc2)c1. The molecular weight excluding hydrogens is 370 g/mol. The van der Waals surface area contributed by atoms with E-state index >= 15 is 0 Å². The van der Waals surface area contributed by atoms with Crippen molar-refractivity contribution < 1.29 is 13.6 Å². The highest BCUT2D eigenvalue weighted by molar-refractivity contribution is 5.92. The highest BCUT2D eigenvalue weighted by Crippen LogP contribution is 2.18. The van der Waals surface area contributed by atoms with Crippen LogP contribution in [-0.2, 0) is 11.3 Å². The summed E-state index contributed by atoms with van der Waals surface area (Å²) in [6.45, 7) is 2.58. The highest BCUT2D eigenvalue weighted by atomic mass is 19.1. The van der Waals surface area contributed by atoms with E-state index in [1.165, 1.54) is 23.8 Å². The highest BCUT2D eigenvalue weighted by Gasteiger charge is 2.09. The molecule has 2 N–H and O–H groups in total. The number of carbonyl (C=O) groups excluding carboxylic acids is 1. The Balaban J connectivity index is 1.59. The number of anilines is 1. The third-order valence-corrected chi connectivity index (χ3v) is 4.46. The van der Waals surface area contributed by atoms with Crippen molar-refractivity contribution in [2.24, 2.45) is 0 Å². The first-order valence-corrected chi connectivity index (χ1v) is 9.32. The van der Waals surface area contributed by atoms with E-state index < -0.39 is 11.6 Å². The Morgan fingerprint density at radius 1 is 1.00 bits per heavy atom. The van der Waals surface area contributed by atoms with Crippen LogP contribution >= 0.6 is 0 Å². The van der Waals surface area contributed by atoms with Crippen LogP contribution in [0.15, 0.2) is 78.9 Å². The van der Waals surface area contributed by atoms with E-state index in [1.54, 1.807) is 0 Å². The van der Waals surface area contributed by atoms with Gasteiger partial charge < -0.3 is 10.6 Å². The van der Waals surface area contributed by atoms with Crippen molar-refractivity contribution in [3.05, 3.63) is 107 Å². The molecule has 1 amide bonds. The first kappa shape index (κ1) is 20.3. The van der Waals surface area contributed by atoms with Gasteiger partial charge in [-0.1, -0.05) is 42.5 Å². The molecule has 0 aliphatic heterocycles. The predicted molar refractivity (Wildman–Crippen MR) is 112 cm³/mol. The van der Waals surface area contributed by atoms with Gasteiger partial charge in [-0.25, -0.2) is 8.78 Å². The van der Waals surface area contributed by atoms with Gasteiger partial charge >= 0.3 is 0 Å². The van der Waals surface area contributed by atoms with Crippen molar-refractivity contribution in [3.8, 4) is 0 Å². The molecule has 3 nitrogen and oxygen atoms in total. The van der Waals surface area contributed by atoms with Gasteiger partial charge in [0.2, 0.25) is 5.91 Å². The number of carbonyl (C=O) groups is 1. The quantitative estimate of drug-likeness (QED) is 0.524. The molecule has 0 saturated carbocycles. The molecule has 0 fully saturated rings. The van der Waals surface area contributed by atoms with Crippen molar-refractivity contribution in [3.63, 3.8) is 0 Å². The summed E-state index contributed by atoms with van der Waals surface area (Å²) in [4.78, 5) is 12.2. The van der Waals surface area contributed by atoms with E-state index in [-0.39, 0.29) is 17.5 Å². The molecule has 0 aliphatic carbocycles. The van der Waals surface area contributed by atoms with Gasteiger partial charge in [0.15, 0.2) is 0 Å². The first-order chi connectivity index (χ1) is 14.0. The fourth-order valence-electron chi connectivity index (χ4n) is 2.86. The average Bonchev–Trinajstić information content (AvgIpc) is 2.72. The summed E-state index contributed by atoms with van der Waals surface area (Å²) in [6, 6.07) is 20.9. The van der Waals surface area contributed by atoms with Crippen LogP contribution < -0.4 is 10.6 Å². The molecule has 0 heterocycles. The van der Waals surface area contributed by atoms with Gasteiger partial charge in [-0.3, -0.25) is 4.79 Å². The van der Waals surface area contributed by atoms with Crippen molar-refractivity contribution >= 4 is 17.7 Å². The molecule has 1 atom stereocenters. The Bertz CT molecular complexity index is 1000. The fraction of sp³-hybridized carbons (Fsp3) is 0.125. The summed E-state index contributed by atoms with van der Waals surface area (Å²) in [5.41, 5.74) is 3.23. The number of rotatable bonds is 7. The lowest BCUT2D eigenvalue weighted by Crippen LogP contribution is -2.24. The van der Waals surface area contributed by atoms with Crippen molar-refractivity contribution in [1.29, 1.82) is 0 Å². The normalized spacial score (nSPS) is 12.0. The van der Waals surface area contributed by atoms with Gasteiger partial charge in [-0.15, -0.1) is 0 Å². The molecule has 0 saturated heterocycles. The van der Waals surface area contributed by atoms with E-state index in [0.29, 0.717) is 6.54 Å². The molecule has 0 aromatic heterocycles. The molecule has 3 rings (SSSR count). The maximum atomic E-state index is 13.6. The van der Waals surface area contributed by atoms with Crippen LogP contribution in [0.1, 0.15) is 29.7 Å². The van der Waals surface area contributed by atoms with Crippen molar-refractivity contribution in [2.75, 3.05) is 5.32 Å². The van der Waals surface area contributed by atoms with Crippen LogP contribution in [-0.4, -0.2) is 5.91 Å². The fourth-order valence-corrected chi connectivity index (χ4v) is 2.86. The molecule has 0 unspecified atom stereocenters. The molecule has 148 valence electrons. The minimum atomic E-state index is -0.709. The molecule has 29 heavy (non-hydrogen) atoms. The molecule has 5 heteroatoms. The summed E-state index contributed by atoms with van der Waals surface area (Å²) in [5.74, 6) is -1.72. The standard InChI is InChI=1S/C24H22F2N2O/c1-17(28-24(29)13-11-19-10-12-21(25)15-23(19)26)20-8-5-9-22(14-20)27-16-18-6-3-2-4-7-18/h2-15,17,27H,16H2,1H3,(H,28,29)/t17-/m0/s1. The van der Waals surface area contributed by atoms with Gasteiger partial charge in [0.1, 0.15) is 11.6 Å². The lowest BCUT2D eigenvalue weighted by molar-refractivity contribution is -0.117. The van der Waals surface area contributed by atoms with Crippen molar-refractivity contribution in [1.82, 2.24) is 5.32 Å².